The largest absolute Gasteiger partial charge is 0.494 e. The monoisotopic (exact) mass is 368 g/mol. The number of carbonyl (C=O) groups excluding carboxylic acids is 1. The van der Waals surface area contributed by atoms with Gasteiger partial charge in [-0.1, -0.05) is 39.3 Å². The Hall–Kier alpha value is -2.82. The third-order valence-corrected chi connectivity index (χ3v) is 3.94. The van der Waals surface area contributed by atoms with Crippen LogP contribution in [0.3, 0.4) is 0 Å². The predicted molar refractivity (Wildman–Crippen MR) is 109 cm³/mol. The number of nitrogens with one attached hydrogen (secondary N) is 1. The summed E-state index contributed by atoms with van der Waals surface area (Å²) in [7, 11) is 0. The van der Waals surface area contributed by atoms with E-state index in [1.807, 2.05) is 48.5 Å². The molecule has 5 heteroatoms. The number of amides is 1. The number of rotatable bonds is 10. The highest BCUT2D eigenvalue weighted by atomic mass is 16.5. The van der Waals surface area contributed by atoms with Crippen LogP contribution >= 0.6 is 0 Å². The Kier molecular flexibility index (Phi) is 8.36. The molecule has 0 aliphatic heterocycles. The number of unbranched alkanes of at least 4 members (excludes halogenated alkanes) is 1. The van der Waals surface area contributed by atoms with Crippen LogP contribution in [0, 0.1) is 0 Å². The molecule has 0 fully saturated rings. The van der Waals surface area contributed by atoms with Crippen LogP contribution in [0.4, 0.5) is 0 Å². The van der Waals surface area contributed by atoms with E-state index < -0.39 is 0 Å². The first kappa shape index (κ1) is 20.5. The van der Waals surface area contributed by atoms with Crippen LogP contribution in [0.1, 0.15) is 50.7 Å². The molecule has 0 saturated heterocycles. The van der Waals surface area contributed by atoms with E-state index >= 15 is 0 Å². The molecule has 5 nitrogen and oxygen atoms in total. The number of hydrogen-bond acceptors (Lipinski definition) is 4. The molecule has 2 aromatic rings. The Bertz CT molecular complexity index is 739. The molecule has 27 heavy (non-hydrogen) atoms. The fraction of sp³-hybridized carbons (Fsp3) is 0.364. The zero-order valence-electron chi connectivity index (χ0n) is 16.3. The molecule has 0 unspecified atom stereocenters. The molecule has 0 aliphatic rings. The maximum atomic E-state index is 11.9. The fourth-order valence-electron chi connectivity index (χ4n) is 2.31. The lowest BCUT2D eigenvalue weighted by atomic mass is 10.0. The van der Waals surface area contributed by atoms with Gasteiger partial charge in [-0.15, -0.1) is 0 Å². The lowest BCUT2D eigenvalue weighted by Gasteiger charge is -2.09. The maximum absolute atomic E-state index is 11.9. The minimum Gasteiger partial charge on any atom is -0.494 e. The van der Waals surface area contributed by atoms with Gasteiger partial charge in [-0.2, -0.15) is 5.10 Å². The first-order valence-electron chi connectivity index (χ1n) is 9.36. The smallest absolute Gasteiger partial charge is 0.277 e. The normalized spacial score (nSPS) is 11.0. The molecule has 0 bridgehead atoms. The third kappa shape index (κ3) is 7.52. The summed E-state index contributed by atoms with van der Waals surface area (Å²) in [5.41, 5.74) is 4.52. The van der Waals surface area contributed by atoms with E-state index in [1.54, 1.807) is 6.21 Å². The van der Waals surface area contributed by atoms with Crippen molar-refractivity contribution in [2.24, 2.45) is 5.10 Å². The van der Waals surface area contributed by atoms with Crippen molar-refractivity contribution in [3.05, 3.63) is 59.7 Å². The molecule has 0 radical (unpaired) electrons. The zero-order valence-corrected chi connectivity index (χ0v) is 16.3. The van der Waals surface area contributed by atoms with Crippen molar-refractivity contribution >= 4 is 12.1 Å². The second kappa shape index (κ2) is 11.0. The predicted octanol–water partition coefficient (Wildman–Crippen LogP) is 4.52. The number of hydrogen-bond donors (Lipinski definition) is 1. The van der Waals surface area contributed by atoms with Crippen LogP contribution in [0.2, 0.25) is 0 Å². The van der Waals surface area contributed by atoms with Gasteiger partial charge in [-0.05, 0) is 59.9 Å². The van der Waals surface area contributed by atoms with E-state index in [0.717, 1.165) is 30.8 Å². The number of nitrogens with zero attached hydrogens (tertiary/aromatic N) is 1. The van der Waals surface area contributed by atoms with Crippen molar-refractivity contribution in [2.75, 3.05) is 13.2 Å². The second-order valence-corrected chi connectivity index (χ2v) is 6.58. The van der Waals surface area contributed by atoms with Gasteiger partial charge >= 0.3 is 0 Å². The van der Waals surface area contributed by atoms with Gasteiger partial charge in [0.05, 0.1) is 12.8 Å². The van der Waals surface area contributed by atoms with Gasteiger partial charge in [0.1, 0.15) is 11.5 Å². The van der Waals surface area contributed by atoms with Crippen molar-refractivity contribution in [3.63, 3.8) is 0 Å². The highest BCUT2D eigenvalue weighted by molar-refractivity contribution is 5.83. The summed E-state index contributed by atoms with van der Waals surface area (Å²) >= 11 is 0. The van der Waals surface area contributed by atoms with Gasteiger partial charge in [-0.25, -0.2) is 5.43 Å². The molecule has 144 valence electrons. The van der Waals surface area contributed by atoms with E-state index in [-0.39, 0.29) is 12.5 Å². The second-order valence-electron chi connectivity index (χ2n) is 6.58. The van der Waals surface area contributed by atoms with Crippen molar-refractivity contribution in [1.82, 2.24) is 5.43 Å². The third-order valence-electron chi connectivity index (χ3n) is 3.94. The SMILES string of the molecule is CCCCOc1ccc(/C=N/NC(=O)COc2cccc(C(C)C)c2)cc1. The molecule has 0 aliphatic carbocycles. The summed E-state index contributed by atoms with van der Waals surface area (Å²) in [6.07, 6.45) is 3.74. The summed E-state index contributed by atoms with van der Waals surface area (Å²) < 4.78 is 11.1. The van der Waals surface area contributed by atoms with Crippen LogP contribution < -0.4 is 14.9 Å². The molecule has 2 rings (SSSR count). The van der Waals surface area contributed by atoms with E-state index in [2.05, 4.69) is 31.3 Å². The van der Waals surface area contributed by atoms with E-state index in [4.69, 9.17) is 9.47 Å². The summed E-state index contributed by atoms with van der Waals surface area (Å²) in [5.74, 6) is 1.62. The van der Waals surface area contributed by atoms with Crippen molar-refractivity contribution < 1.29 is 14.3 Å². The van der Waals surface area contributed by atoms with Crippen LogP contribution in [0.15, 0.2) is 53.6 Å². The Morgan fingerprint density at radius 2 is 1.89 bits per heavy atom. The van der Waals surface area contributed by atoms with Crippen LogP contribution in [0.25, 0.3) is 0 Å². The lowest BCUT2D eigenvalue weighted by Crippen LogP contribution is -2.24. The molecule has 0 spiro atoms. The van der Waals surface area contributed by atoms with E-state index in [9.17, 15) is 4.79 Å². The van der Waals surface area contributed by atoms with Crippen molar-refractivity contribution in [3.8, 4) is 11.5 Å². The van der Waals surface area contributed by atoms with Gasteiger partial charge in [0.15, 0.2) is 6.61 Å². The van der Waals surface area contributed by atoms with Crippen LogP contribution in [-0.4, -0.2) is 25.3 Å². The molecule has 0 aromatic heterocycles. The number of ether oxygens (including phenoxy) is 2. The number of benzene rings is 2. The topological polar surface area (TPSA) is 59.9 Å². The van der Waals surface area contributed by atoms with E-state index in [1.165, 1.54) is 5.56 Å². The van der Waals surface area contributed by atoms with Gasteiger partial charge in [0, 0.05) is 0 Å². The van der Waals surface area contributed by atoms with E-state index in [0.29, 0.717) is 11.7 Å². The van der Waals surface area contributed by atoms with Crippen molar-refractivity contribution in [2.45, 2.75) is 39.5 Å². The molecule has 0 atom stereocenters. The zero-order chi connectivity index (χ0) is 19.5. The van der Waals surface area contributed by atoms with Crippen LogP contribution in [0.5, 0.6) is 11.5 Å². The lowest BCUT2D eigenvalue weighted by molar-refractivity contribution is -0.123. The minimum absolute atomic E-state index is 0.0803. The Balaban J connectivity index is 1.75. The summed E-state index contributed by atoms with van der Waals surface area (Å²) in [6.45, 7) is 7.00. The summed E-state index contributed by atoms with van der Waals surface area (Å²) in [5, 5.41) is 3.96. The molecule has 2 aromatic carbocycles. The minimum atomic E-state index is -0.305. The average molecular weight is 368 g/mol. The summed E-state index contributed by atoms with van der Waals surface area (Å²) in [6, 6.07) is 15.3. The van der Waals surface area contributed by atoms with Gasteiger partial charge < -0.3 is 9.47 Å². The van der Waals surface area contributed by atoms with Crippen molar-refractivity contribution in [1.29, 1.82) is 0 Å². The molecular formula is C22H28N2O3. The summed E-state index contributed by atoms with van der Waals surface area (Å²) in [4.78, 5) is 11.9. The average Bonchev–Trinajstić information content (AvgIpc) is 2.68. The quantitative estimate of drug-likeness (QED) is 0.381. The molecular weight excluding hydrogens is 340 g/mol. The number of carbonyl (C=O) groups is 1. The number of hydrazone groups is 1. The Morgan fingerprint density at radius 1 is 1.11 bits per heavy atom. The van der Waals surface area contributed by atoms with Crippen LogP contribution in [-0.2, 0) is 4.79 Å². The fourth-order valence-corrected chi connectivity index (χ4v) is 2.31. The highest BCUT2D eigenvalue weighted by Gasteiger charge is 2.04. The molecule has 0 heterocycles. The molecule has 1 amide bonds. The Labute approximate surface area is 161 Å². The molecule has 1 N–H and O–H groups in total. The Morgan fingerprint density at radius 3 is 2.59 bits per heavy atom. The van der Waals surface area contributed by atoms with Gasteiger partial charge in [0.25, 0.3) is 5.91 Å². The molecule has 0 saturated carbocycles. The maximum Gasteiger partial charge on any atom is 0.277 e. The van der Waals surface area contributed by atoms with Gasteiger partial charge in [-0.3, -0.25) is 4.79 Å². The first-order valence-corrected chi connectivity index (χ1v) is 9.36. The van der Waals surface area contributed by atoms with Gasteiger partial charge in [0.2, 0.25) is 0 Å². The standard InChI is InChI=1S/C22H28N2O3/c1-4-5-13-26-20-11-9-18(10-12-20)15-23-24-22(25)16-27-21-8-6-7-19(14-21)17(2)3/h6-12,14-15,17H,4-5,13,16H2,1-3H3,(H,24,25)/b23-15+. The first-order chi connectivity index (χ1) is 13.1. The highest BCUT2D eigenvalue weighted by Crippen LogP contribution is 2.20.